The van der Waals surface area contributed by atoms with Gasteiger partial charge in [0.25, 0.3) is 0 Å². The molecule has 126 valence electrons. The quantitative estimate of drug-likeness (QED) is 0.783. The molecule has 6 nitrogen and oxygen atoms in total. The molecule has 1 aromatic rings. The fourth-order valence-electron chi connectivity index (χ4n) is 2.73. The van der Waals surface area contributed by atoms with Crippen LogP contribution in [0.4, 0.5) is 4.79 Å². The Morgan fingerprint density at radius 3 is 2.39 bits per heavy atom. The minimum Gasteiger partial charge on any atom is -0.444 e. The number of piperidine rings is 1. The third-order valence-corrected chi connectivity index (χ3v) is 3.85. The van der Waals surface area contributed by atoms with Crippen molar-refractivity contribution in [3.05, 3.63) is 23.3 Å². The molecule has 0 bridgehead atoms. The summed E-state index contributed by atoms with van der Waals surface area (Å²) in [5, 5.41) is 0. The van der Waals surface area contributed by atoms with E-state index < -0.39 is 5.60 Å². The molecular formula is C17H25N3O3. The van der Waals surface area contributed by atoms with Gasteiger partial charge in [0.1, 0.15) is 11.4 Å². The van der Waals surface area contributed by atoms with Crippen molar-refractivity contribution in [1.29, 1.82) is 0 Å². The Morgan fingerprint density at radius 2 is 1.87 bits per heavy atom. The van der Waals surface area contributed by atoms with Gasteiger partial charge in [-0.05, 0) is 47.5 Å². The summed E-state index contributed by atoms with van der Waals surface area (Å²) in [7, 11) is 0. The lowest BCUT2D eigenvalue weighted by Crippen LogP contribution is -2.41. The van der Waals surface area contributed by atoms with Gasteiger partial charge in [0.15, 0.2) is 5.78 Å². The van der Waals surface area contributed by atoms with Crippen molar-refractivity contribution in [2.75, 3.05) is 13.1 Å². The highest BCUT2D eigenvalue weighted by Crippen LogP contribution is 2.29. The zero-order valence-corrected chi connectivity index (χ0v) is 14.5. The Kier molecular flexibility index (Phi) is 5.02. The molecular weight excluding hydrogens is 294 g/mol. The molecule has 0 atom stereocenters. The molecule has 1 aromatic heterocycles. The minimum absolute atomic E-state index is 0.0189. The molecule has 0 radical (unpaired) electrons. The number of likely N-dealkylation sites (tertiary alicyclic amines) is 1. The van der Waals surface area contributed by atoms with E-state index in [0.717, 1.165) is 18.5 Å². The number of hydrogen-bond donors (Lipinski definition) is 0. The SMILES string of the molecule is CC(=O)c1cnc(C)nc1C1CCN(C(=O)OC(C)(C)C)CC1. The predicted octanol–water partition coefficient (Wildman–Crippen LogP) is 3.10. The second-order valence-corrected chi connectivity index (χ2v) is 7.01. The van der Waals surface area contributed by atoms with E-state index in [2.05, 4.69) is 9.97 Å². The predicted molar refractivity (Wildman–Crippen MR) is 86.6 cm³/mol. The minimum atomic E-state index is -0.487. The fourth-order valence-corrected chi connectivity index (χ4v) is 2.73. The van der Waals surface area contributed by atoms with Gasteiger partial charge in [-0.15, -0.1) is 0 Å². The summed E-state index contributed by atoms with van der Waals surface area (Å²) in [5.41, 5.74) is 0.916. The maximum atomic E-state index is 12.1. The number of Topliss-reactive ketones (excluding diaryl/α,β-unsaturated/α-hetero) is 1. The van der Waals surface area contributed by atoms with Crippen LogP contribution in [0.1, 0.15) is 68.3 Å². The van der Waals surface area contributed by atoms with Crippen LogP contribution in [0.25, 0.3) is 0 Å². The van der Waals surface area contributed by atoms with Crippen LogP contribution in [0.3, 0.4) is 0 Å². The van der Waals surface area contributed by atoms with Gasteiger partial charge in [-0.3, -0.25) is 4.79 Å². The number of hydrogen-bond acceptors (Lipinski definition) is 5. The molecule has 0 saturated carbocycles. The number of ketones is 1. The summed E-state index contributed by atoms with van der Waals surface area (Å²) in [6.45, 7) is 10.2. The van der Waals surface area contributed by atoms with Gasteiger partial charge in [-0.25, -0.2) is 14.8 Å². The third-order valence-electron chi connectivity index (χ3n) is 3.85. The Balaban J connectivity index is 2.06. The number of carbonyl (C=O) groups is 2. The number of aromatic nitrogens is 2. The van der Waals surface area contributed by atoms with Crippen molar-refractivity contribution in [2.24, 2.45) is 0 Å². The molecule has 23 heavy (non-hydrogen) atoms. The Bertz CT molecular complexity index is 600. The van der Waals surface area contributed by atoms with E-state index in [1.54, 1.807) is 11.1 Å². The smallest absolute Gasteiger partial charge is 0.410 e. The molecule has 6 heteroatoms. The fraction of sp³-hybridized carbons (Fsp3) is 0.647. The zero-order chi connectivity index (χ0) is 17.2. The lowest BCUT2D eigenvalue weighted by atomic mass is 9.90. The van der Waals surface area contributed by atoms with Crippen LogP contribution < -0.4 is 0 Å². The number of nitrogens with zero attached hydrogens (tertiary/aromatic N) is 3. The maximum Gasteiger partial charge on any atom is 0.410 e. The van der Waals surface area contributed by atoms with Crippen LogP contribution in [0, 0.1) is 6.92 Å². The molecule has 1 saturated heterocycles. The molecule has 0 aromatic carbocycles. The van der Waals surface area contributed by atoms with E-state index >= 15 is 0 Å². The highest BCUT2D eigenvalue weighted by molar-refractivity contribution is 5.95. The largest absolute Gasteiger partial charge is 0.444 e. The van der Waals surface area contributed by atoms with Crippen molar-refractivity contribution >= 4 is 11.9 Å². The van der Waals surface area contributed by atoms with Crippen molar-refractivity contribution < 1.29 is 14.3 Å². The number of amides is 1. The second kappa shape index (κ2) is 6.64. The van der Waals surface area contributed by atoms with E-state index in [1.165, 1.54) is 6.92 Å². The van der Waals surface area contributed by atoms with E-state index in [-0.39, 0.29) is 17.8 Å². The van der Waals surface area contributed by atoms with Gasteiger partial charge in [0.05, 0.1) is 11.3 Å². The average molecular weight is 319 g/mol. The van der Waals surface area contributed by atoms with Crippen molar-refractivity contribution in [2.45, 2.75) is 59.0 Å². The molecule has 1 amide bonds. The monoisotopic (exact) mass is 319 g/mol. The Morgan fingerprint density at radius 1 is 1.26 bits per heavy atom. The second-order valence-electron chi connectivity index (χ2n) is 7.01. The number of aryl methyl sites for hydroxylation is 1. The van der Waals surface area contributed by atoms with Crippen LogP contribution in [-0.2, 0) is 4.74 Å². The average Bonchev–Trinajstić information content (AvgIpc) is 2.45. The van der Waals surface area contributed by atoms with Crippen LogP contribution >= 0.6 is 0 Å². The van der Waals surface area contributed by atoms with Gasteiger partial charge in [0.2, 0.25) is 0 Å². The lowest BCUT2D eigenvalue weighted by Gasteiger charge is -2.33. The molecule has 0 aliphatic carbocycles. The summed E-state index contributed by atoms with van der Waals surface area (Å²) < 4.78 is 5.41. The molecule has 0 N–H and O–H groups in total. The highest BCUT2D eigenvalue weighted by Gasteiger charge is 2.29. The molecule has 0 spiro atoms. The summed E-state index contributed by atoms with van der Waals surface area (Å²) in [6.07, 6.45) is 2.88. The molecule has 0 unspecified atom stereocenters. The van der Waals surface area contributed by atoms with Crippen molar-refractivity contribution in [1.82, 2.24) is 14.9 Å². The molecule has 2 rings (SSSR count). The van der Waals surface area contributed by atoms with Gasteiger partial charge in [-0.2, -0.15) is 0 Å². The van der Waals surface area contributed by atoms with Gasteiger partial charge in [0, 0.05) is 25.2 Å². The van der Waals surface area contributed by atoms with Crippen LogP contribution in [0.2, 0.25) is 0 Å². The first-order valence-electron chi connectivity index (χ1n) is 8.00. The summed E-state index contributed by atoms with van der Waals surface area (Å²) in [6, 6.07) is 0. The molecule has 1 aliphatic heterocycles. The summed E-state index contributed by atoms with van der Waals surface area (Å²) >= 11 is 0. The van der Waals surface area contributed by atoms with Crippen molar-refractivity contribution in [3.8, 4) is 0 Å². The normalized spacial score (nSPS) is 16.3. The van der Waals surface area contributed by atoms with Crippen LogP contribution in [0.15, 0.2) is 6.20 Å². The molecule has 1 aliphatic rings. The standard InChI is InChI=1S/C17H25N3O3/c1-11(21)14-10-18-12(2)19-15(14)13-6-8-20(9-7-13)16(22)23-17(3,4)5/h10,13H,6-9H2,1-5H3. The van der Waals surface area contributed by atoms with Crippen LogP contribution in [-0.4, -0.2) is 45.4 Å². The first-order valence-corrected chi connectivity index (χ1v) is 8.00. The highest BCUT2D eigenvalue weighted by atomic mass is 16.6. The van der Waals surface area contributed by atoms with Crippen LogP contribution in [0.5, 0.6) is 0 Å². The van der Waals surface area contributed by atoms with Gasteiger partial charge >= 0.3 is 6.09 Å². The van der Waals surface area contributed by atoms with E-state index in [9.17, 15) is 9.59 Å². The Hall–Kier alpha value is -1.98. The number of carbonyl (C=O) groups excluding carboxylic acids is 2. The number of rotatable bonds is 2. The summed E-state index contributed by atoms with van der Waals surface area (Å²) in [4.78, 5) is 34.2. The first kappa shape index (κ1) is 17.4. The topological polar surface area (TPSA) is 72.4 Å². The van der Waals surface area contributed by atoms with Crippen molar-refractivity contribution in [3.63, 3.8) is 0 Å². The first-order chi connectivity index (χ1) is 10.7. The van der Waals surface area contributed by atoms with E-state index in [4.69, 9.17) is 4.74 Å². The molecule has 2 heterocycles. The maximum absolute atomic E-state index is 12.1. The van der Waals surface area contributed by atoms with E-state index in [0.29, 0.717) is 24.5 Å². The summed E-state index contributed by atoms with van der Waals surface area (Å²) in [5.74, 6) is 0.823. The lowest BCUT2D eigenvalue weighted by molar-refractivity contribution is 0.0203. The molecule has 1 fully saturated rings. The zero-order valence-electron chi connectivity index (χ0n) is 14.5. The van der Waals surface area contributed by atoms with E-state index in [1.807, 2.05) is 27.7 Å². The van der Waals surface area contributed by atoms with Gasteiger partial charge < -0.3 is 9.64 Å². The third kappa shape index (κ3) is 4.50. The Labute approximate surface area is 137 Å². The number of ether oxygens (including phenoxy) is 1. The van der Waals surface area contributed by atoms with Gasteiger partial charge in [-0.1, -0.05) is 0 Å².